The maximum Gasteiger partial charge on any atom is 0.254 e. The molecule has 15 heteroatoms. The number of anilines is 1. The molecule has 1 aromatic heterocycles. The molecule has 2 heterocycles. The molecule has 0 bridgehead atoms. The number of aromatic nitrogens is 1. The topological polar surface area (TPSA) is 154 Å². The van der Waals surface area contributed by atoms with Crippen LogP contribution >= 0.6 is 23.2 Å². The summed E-state index contributed by atoms with van der Waals surface area (Å²) in [5.74, 6) is -1.41. The Bertz CT molecular complexity index is 2040. The SMILES string of the molecule is Cc1c(-c2ccc(CC(N)=O)c3[nH]c4cc(C(=O)N5CCN(C)CC5)ccc4c23)cccc1N(S(=O)(=O)CCCCl)S(=O)(=O)CCCCl. The zero-order chi connectivity index (χ0) is 34.8. The standard InChI is InChI=1S/C33H39Cl2N5O6S2/c1-22-25(6-3-7-29(22)40(47(43,44)18-4-12-34)48(45,46)19-5-13-35)26-10-8-23(21-30(36)41)32-31(26)27-11-9-24(20-28(27)37-32)33(42)39-16-14-38(2)15-17-39/h3,6-11,20,37H,4-5,12-19,21H2,1-2H3,(H2,36,41). The molecule has 0 radical (unpaired) electrons. The highest BCUT2D eigenvalue weighted by Crippen LogP contribution is 2.41. The number of rotatable bonds is 13. The number of likely N-dealkylation sites (N-methyl/N-ethyl adjacent to an activating group) is 1. The van der Waals surface area contributed by atoms with Crippen LogP contribution in [-0.4, -0.2) is 99.9 Å². The number of carbonyl (C=O) groups excluding carboxylic acids is 2. The van der Waals surface area contributed by atoms with Crippen LogP contribution in [0.15, 0.2) is 48.5 Å². The molecule has 4 aromatic rings. The van der Waals surface area contributed by atoms with E-state index in [1.54, 1.807) is 37.3 Å². The van der Waals surface area contributed by atoms with Gasteiger partial charge in [-0.05, 0) is 67.3 Å². The fourth-order valence-corrected chi connectivity index (χ4v) is 10.9. The number of aromatic amines is 1. The number of halogens is 2. The van der Waals surface area contributed by atoms with E-state index in [1.807, 2.05) is 24.1 Å². The van der Waals surface area contributed by atoms with E-state index in [0.717, 1.165) is 23.9 Å². The number of nitrogens with two attached hydrogens (primary N) is 1. The van der Waals surface area contributed by atoms with Crippen LogP contribution in [0, 0.1) is 6.92 Å². The first-order valence-corrected chi connectivity index (χ1v) is 19.9. The van der Waals surface area contributed by atoms with E-state index in [4.69, 9.17) is 28.9 Å². The Kier molecular flexibility index (Phi) is 11.0. The number of hydrogen-bond donors (Lipinski definition) is 2. The second-order valence-electron chi connectivity index (χ2n) is 12.0. The monoisotopic (exact) mass is 735 g/mol. The smallest absolute Gasteiger partial charge is 0.254 e. The lowest BCUT2D eigenvalue weighted by Crippen LogP contribution is -2.47. The minimum absolute atomic E-state index is 0.00547. The molecule has 2 amide bonds. The van der Waals surface area contributed by atoms with Gasteiger partial charge in [0.2, 0.25) is 26.0 Å². The zero-order valence-electron chi connectivity index (χ0n) is 26.8. The molecule has 0 atom stereocenters. The Morgan fingerprint density at radius 1 is 0.896 bits per heavy atom. The van der Waals surface area contributed by atoms with Crippen molar-refractivity contribution in [2.24, 2.45) is 5.73 Å². The predicted octanol–water partition coefficient (Wildman–Crippen LogP) is 4.44. The van der Waals surface area contributed by atoms with Gasteiger partial charge in [-0.25, -0.2) is 16.8 Å². The van der Waals surface area contributed by atoms with Gasteiger partial charge in [0.1, 0.15) is 0 Å². The Balaban J connectivity index is 1.69. The van der Waals surface area contributed by atoms with Crippen LogP contribution in [-0.2, 0) is 31.3 Å². The third-order valence-corrected chi connectivity index (χ3v) is 13.5. The molecule has 3 aromatic carbocycles. The van der Waals surface area contributed by atoms with Gasteiger partial charge in [-0.3, -0.25) is 9.59 Å². The highest BCUT2D eigenvalue weighted by atomic mass is 35.5. The third kappa shape index (κ3) is 7.30. The van der Waals surface area contributed by atoms with E-state index < -0.39 is 37.5 Å². The van der Waals surface area contributed by atoms with Crippen molar-refractivity contribution in [1.82, 2.24) is 14.8 Å². The van der Waals surface area contributed by atoms with E-state index >= 15 is 0 Å². The van der Waals surface area contributed by atoms with Crippen molar-refractivity contribution >= 4 is 82.6 Å². The van der Waals surface area contributed by atoms with E-state index in [0.29, 0.717) is 55.7 Å². The number of H-pyrrole nitrogens is 1. The maximum atomic E-state index is 13.6. The second kappa shape index (κ2) is 14.6. The van der Waals surface area contributed by atoms with Gasteiger partial charge in [0.05, 0.1) is 29.1 Å². The first-order valence-electron chi connectivity index (χ1n) is 15.6. The van der Waals surface area contributed by atoms with Crippen LogP contribution in [0.5, 0.6) is 0 Å². The molecule has 5 rings (SSSR count). The summed E-state index contributed by atoms with van der Waals surface area (Å²) in [5, 5.41) is 1.50. The summed E-state index contributed by atoms with van der Waals surface area (Å²) in [4.78, 5) is 32.9. The average molecular weight is 737 g/mol. The molecule has 48 heavy (non-hydrogen) atoms. The largest absolute Gasteiger partial charge is 0.369 e. The first-order chi connectivity index (χ1) is 22.8. The number of amides is 2. The predicted molar refractivity (Wildman–Crippen MR) is 193 cm³/mol. The number of piperazine rings is 1. The maximum absolute atomic E-state index is 13.6. The highest BCUT2D eigenvalue weighted by Gasteiger charge is 2.35. The van der Waals surface area contributed by atoms with Crippen LogP contribution in [0.4, 0.5) is 5.69 Å². The van der Waals surface area contributed by atoms with Crippen molar-refractivity contribution in [3.05, 3.63) is 65.2 Å². The number of nitrogens with one attached hydrogen (secondary N) is 1. The third-order valence-electron chi connectivity index (χ3n) is 8.61. The number of carbonyl (C=O) groups is 2. The lowest BCUT2D eigenvalue weighted by atomic mass is 9.93. The minimum Gasteiger partial charge on any atom is -0.369 e. The van der Waals surface area contributed by atoms with E-state index in [-0.39, 0.29) is 42.6 Å². The van der Waals surface area contributed by atoms with Crippen molar-refractivity contribution in [3.63, 3.8) is 0 Å². The molecule has 0 aliphatic carbocycles. The molecule has 258 valence electrons. The minimum atomic E-state index is -4.34. The summed E-state index contributed by atoms with van der Waals surface area (Å²) in [5.41, 5.74) is 9.77. The molecule has 3 N–H and O–H groups in total. The molecule has 1 saturated heterocycles. The van der Waals surface area contributed by atoms with Gasteiger partial charge in [-0.2, -0.15) is 3.71 Å². The lowest BCUT2D eigenvalue weighted by Gasteiger charge is -2.32. The van der Waals surface area contributed by atoms with Gasteiger partial charge in [0.25, 0.3) is 5.91 Å². The second-order valence-corrected chi connectivity index (χ2v) is 16.9. The molecular weight excluding hydrogens is 697 g/mol. The van der Waals surface area contributed by atoms with Crippen LogP contribution in [0.1, 0.15) is 34.3 Å². The number of sulfonamides is 2. The number of nitrogens with zero attached hydrogens (tertiary/aromatic N) is 3. The van der Waals surface area contributed by atoms with Gasteiger partial charge in [-0.15, -0.1) is 23.2 Å². The molecule has 0 spiro atoms. The van der Waals surface area contributed by atoms with E-state index in [1.165, 1.54) is 6.07 Å². The van der Waals surface area contributed by atoms with Crippen LogP contribution in [0.2, 0.25) is 0 Å². The number of fused-ring (bicyclic) bond motifs is 3. The summed E-state index contributed by atoms with van der Waals surface area (Å²) < 4.78 is 54.9. The molecule has 1 aliphatic rings. The molecule has 0 unspecified atom stereocenters. The number of hydrogen-bond acceptors (Lipinski definition) is 7. The highest BCUT2D eigenvalue weighted by molar-refractivity contribution is 8.10. The summed E-state index contributed by atoms with van der Waals surface area (Å²) in [6, 6.07) is 13.9. The Morgan fingerprint density at radius 3 is 2.15 bits per heavy atom. The Hall–Kier alpha value is -3.36. The number of alkyl halides is 2. The Morgan fingerprint density at radius 2 is 1.54 bits per heavy atom. The van der Waals surface area contributed by atoms with Crippen LogP contribution in [0.25, 0.3) is 32.9 Å². The van der Waals surface area contributed by atoms with Gasteiger partial charge in [-0.1, -0.05) is 30.3 Å². The molecular formula is C33H39Cl2N5O6S2. The fourth-order valence-electron chi connectivity index (χ4n) is 6.18. The summed E-state index contributed by atoms with van der Waals surface area (Å²) in [6.45, 7) is 4.51. The van der Waals surface area contributed by atoms with E-state index in [9.17, 15) is 26.4 Å². The zero-order valence-corrected chi connectivity index (χ0v) is 30.0. The van der Waals surface area contributed by atoms with Crippen LogP contribution < -0.4 is 9.44 Å². The van der Waals surface area contributed by atoms with Crippen molar-refractivity contribution in [2.75, 3.05) is 60.2 Å². The molecule has 11 nitrogen and oxygen atoms in total. The molecule has 0 saturated carbocycles. The number of primary amides is 1. The van der Waals surface area contributed by atoms with Crippen LogP contribution in [0.3, 0.4) is 0 Å². The number of benzene rings is 3. The summed E-state index contributed by atoms with van der Waals surface area (Å²) in [6.07, 6.45) is 0.0998. The van der Waals surface area contributed by atoms with Gasteiger partial charge in [0, 0.05) is 59.8 Å². The fraction of sp³-hybridized carbons (Fsp3) is 0.394. The van der Waals surface area contributed by atoms with Crippen molar-refractivity contribution < 1.29 is 26.4 Å². The van der Waals surface area contributed by atoms with Gasteiger partial charge >= 0.3 is 0 Å². The van der Waals surface area contributed by atoms with Crippen molar-refractivity contribution in [2.45, 2.75) is 26.2 Å². The normalized spacial score (nSPS) is 14.5. The Labute approximate surface area is 291 Å². The van der Waals surface area contributed by atoms with Gasteiger partial charge < -0.3 is 20.5 Å². The molecule has 1 aliphatic heterocycles. The van der Waals surface area contributed by atoms with Gasteiger partial charge in [0.15, 0.2) is 0 Å². The first kappa shape index (κ1) is 35.9. The van der Waals surface area contributed by atoms with E-state index in [2.05, 4.69) is 9.88 Å². The summed E-state index contributed by atoms with van der Waals surface area (Å²) >= 11 is 11.6. The average Bonchev–Trinajstić information content (AvgIpc) is 3.43. The summed E-state index contributed by atoms with van der Waals surface area (Å²) in [7, 11) is -6.65. The van der Waals surface area contributed by atoms with Crippen molar-refractivity contribution in [1.29, 1.82) is 0 Å². The molecule has 1 fully saturated rings. The lowest BCUT2D eigenvalue weighted by molar-refractivity contribution is -0.117. The quantitative estimate of drug-likeness (QED) is 0.193. The van der Waals surface area contributed by atoms with Crippen molar-refractivity contribution in [3.8, 4) is 11.1 Å².